The van der Waals surface area contributed by atoms with Gasteiger partial charge in [0.1, 0.15) is 5.75 Å². The van der Waals surface area contributed by atoms with Crippen molar-refractivity contribution in [3.05, 3.63) is 83.9 Å². The summed E-state index contributed by atoms with van der Waals surface area (Å²) < 4.78 is 29.1. The zero-order chi connectivity index (χ0) is 34.0. The lowest BCUT2D eigenvalue weighted by Gasteiger charge is -2.35. The number of piperidine rings is 1. The third-order valence-electron chi connectivity index (χ3n) is 8.60. The number of aliphatic hydroxyl groups is 1. The predicted molar refractivity (Wildman–Crippen MR) is 193 cm³/mol. The van der Waals surface area contributed by atoms with Gasteiger partial charge in [-0.2, -0.15) is 15.0 Å². The molecule has 3 aromatic carbocycles. The number of nitrogens with zero attached hydrogens (tertiary/aromatic N) is 6. The molecule has 2 saturated heterocycles. The maximum atomic E-state index is 14.0. The third-order valence-corrected chi connectivity index (χ3v) is 10.4. The Balaban J connectivity index is 0.00000468. The molecule has 3 heterocycles. The molecular formula is C33H43ClN10O4S. The Morgan fingerprint density at radius 3 is 2.18 bits per heavy atom. The average Bonchev–Trinajstić information content (AvgIpc) is 3.45. The highest BCUT2D eigenvalue weighted by Crippen LogP contribution is 2.36. The molecule has 0 spiro atoms. The number of aryl methyl sites for hydroxylation is 1. The van der Waals surface area contributed by atoms with Crippen LogP contribution in [0.3, 0.4) is 0 Å². The zero-order valence-corrected chi connectivity index (χ0v) is 28.8. The van der Waals surface area contributed by atoms with Crippen molar-refractivity contribution in [2.24, 2.45) is 17.2 Å². The Morgan fingerprint density at radius 1 is 0.878 bits per heavy atom. The lowest BCUT2D eigenvalue weighted by molar-refractivity contribution is 0.264. The number of benzene rings is 3. The highest BCUT2D eigenvalue weighted by atomic mass is 35.5. The van der Waals surface area contributed by atoms with Crippen LogP contribution >= 0.6 is 12.4 Å². The zero-order valence-electron chi connectivity index (χ0n) is 27.1. The van der Waals surface area contributed by atoms with Crippen molar-refractivity contribution in [1.29, 1.82) is 0 Å². The number of nitrogens with two attached hydrogens (primary N) is 3. The molecule has 262 valence electrons. The highest BCUT2D eigenvalue weighted by molar-refractivity contribution is 7.92. The van der Waals surface area contributed by atoms with Gasteiger partial charge in [0.15, 0.2) is 0 Å². The minimum atomic E-state index is -4.06. The molecular weight excluding hydrogens is 668 g/mol. The summed E-state index contributed by atoms with van der Waals surface area (Å²) in [4.78, 5) is 17.9. The first-order valence-electron chi connectivity index (χ1n) is 15.9. The number of aromatic hydroxyl groups is 1. The molecule has 49 heavy (non-hydrogen) atoms. The molecule has 4 atom stereocenters. The van der Waals surface area contributed by atoms with Gasteiger partial charge < -0.3 is 42.5 Å². The Hall–Kier alpha value is -4.25. The number of hydrogen-bond donors (Lipinski definition) is 6. The van der Waals surface area contributed by atoms with Crippen LogP contribution in [0, 0.1) is 6.92 Å². The van der Waals surface area contributed by atoms with Crippen LogP contribution in [0.1, 0.15) is 24.0 Å². The van der Waals surface area contributed by atoms with Crippen LogP contribution in [0.2, 0.25) is 0 Å². The van der Waals surface area contributed by atoms with Gasteiger partial charge in [0.25, 0.3) is 10.0 Å². The monoisotopic (exact) mass is 710 g/mol. The predicted octanol–water partition coefficient (Wildman–Crippen LogP) is 2.21. The number of nitrogens with one attached hydrogen (secondary N) is 1. The second-order valence-corrected chi connectivity index (χ2v) is 14.4. The molecule has 16 heteroatoms. The molecule has 4 aromatic rings. The van der Waals surface area contributed by atoms with Crippen LogP contribution in [0.15, 0.2) is 77.7 Å². The van der Waals surface area contributed by atoms with E-state index in [0.29, 0.717) is 50.1 Å². The lowest BCUT2D eigenvalue weighted by Crippen LogP contribution is -2.53. The molecule has 2 aliphatic heterocycles. The molecule has 1 aromatic heterocycles. The summed E-state index contributed by atoms with van der Waals surface area (Å²) in [6.45, 7) is 3.23. The summed E-state index contributed by atoms with van der Waals surface area (Å²) in [5, 5.41) is 24.5. The van der Waals surface area contributed by atoms with E-state index in [1.807, 2.05) is 47.1 Å². The Kier molecular flexibility index (Phi) is 11.1. The number of hydrogen-bond acceptors (Lipinski definition) is 13. The number of phenols is 1. The van der Waals surface area contributed by atoms with Crippen LogP contribution in [-0.2, 0) is 16.6 Å². The maximum absolute atomic E-state index is 14.0. The van der Waals surface area contributed by atoms with Crippen molar-refractivity contribution in [3.63, 3.8) is 0 Å². The first-order chi connectivity index (χ1) is 23.0. The third kappa shape index (κ3) is 8.15. The molecule has 6 rings (SSSR count). The molecule has 0 radical (unpaired) electrons. The van der Waals surface area contributed by atoms with E-state index in [1.165, 1.54) is 10.4 Å². The number of aromatic nitrogens is 3. The Labute approximate surface area is 292 Å². The largest absolute Gasteiger partial charge is 0.506 e. The number of halogens is 1. The van der Waals surface area contributed by atoms with Gasteiger partial charge in [-0.3, -0.25) is 4.31 Å². The van der Waals surface area contributed by atoms with E-state index < -0.39 is 10.0 Å². The smallest absolute Gasteiger partial charge is 0.264 e. The molecule has 14 nitrogen and oxygen atoms in total. The average molecular weight is 711 g/mol. The quantitative estimate of drug-likeness (QED) is 0.140. The minimum absolute atomic E-state index is 0. The molecule has 2 aliphatic rings. The van der Waals surface area contributed by atoms with Crippen LogP contribution in [0.25, 0.3) is 0 Å². The summed E-state index contributed by atoms with van der Waals surface area (Å²) in [5.74, 6) is 0.617. The summed E-state index contributed by atoms with van der Waals surface area (Å²) in [5.41, 5.74) is 21.0. The lowest BCUT2D eigenvalue weighted by atomic mass is 10.0. The van der Waals surface area contributed by atoms with Crippen LogP contribution in [-0.4, -0.2) is 84.0 Å². The van der Waals surface area contributed by atoms with Gasteiger partial charge in [0, 0.05) is 49.5 Å². The Bertz CT molecular complexity index is 1830. The van der Waals surface area contributed by atoms with E-state index in [0.717, 1.165) is 11.1 Å². The van der Waals surface area contributed by atoms with E-state index in [9.17, 15) is 18.6 Å². The fourth-order valence-electron chi connectivity index (χ4n) is 6.22. The topological polar surface area (TPSA) is 213 Å². The SMILES string of the molecule is Cc1ccc(S(=O)(=O)N(Cc2ccccc2)c2ccc(Nc3nc(N4C[C@H](N)C[C@H](N)C4)nc(N4C[C@H](N)C[C@@H]4CO)n3)cc2O)cc1.Cl. The molecule has 9 N–H and O–H groups in total. The van der Waals surface area contributed by atoms with Crippen molar-refractivity contribution in [2.45, 2.75) is 55.4 Å². The van der Waals surface area contributed by atoms with Gasteiger partial charge in [-0.25, -0.2) is 8.42 Å². The van der Waals surface area contributed by atoms with Crippen molar-refractivity contribution in [2.75, 3.05) is 45.7 Å². The van der Waals surface area contributed by atoms with Crippen LogP contribution in [0.4, 0.5) is 29.2 Å². The minimum Gasteiger partial charge on any atom is -0.506 e. The summed E-state index contributed by atoms with van der Waals surface area (Å²) in [7, 11) is -4.06. The molecule has 0 amide bonds. The number of rotatable bonds is 10. The summed E-state index contributed by atoms with van der Waals surface area (Å²) >= 11 is 0. The van der Waals surface area contributed by atoms with Crippen molar-refractivity contribution in [1.82, 2.24) is 15.0 Å². The number of aliphatic hydroxyl groups excluding tert-OH is 1. The normalized spacial score (nSPS) is 20.9. The first-order valence-corrected chi connectivity index (χ1v) is 17.3. The fraction of sp³-hybridized carbons (Fsp3) is 0.364. The van der Waals surface area contributed by atoms with Crippen molar-refractivity contribution < 1.29 is 18.6 Å². The van der Waals surface area contributed by atoms with E-state index in [1.54, 1.807) is 36.4 Å². The second kappa shape index (κ2) is 15.1. The van der Waals surface area contributed by atoms with Gasteiger partial charge in [0.2, 0.25) is 17.8 Å². The van der Waals surface area contributed by atoms with Gasteiger partial charge in [0.05, 0.1) is 29.8 Å². The number of anilines is 5. The molecule has 0 bridgehead atoms. The van der Waals surface area contributed by atoms with Crippen LogP contribution in [0.5, 0.6) is 5.75 Å². The van der Waals surface area contributed by atoms with E-state index >= 15 is 0 Å². The van der Waals surface area contributed by atoms with Crippen molar-refractivity contribution in [3.8, 4) is 5.75 Å². The van der Waals surface area contributed by atoms with Gasteiger partial charge in [-0.05, 0) is 49.6 Å². The van der Waals surface area contributed by atoms with E-state index in [4.69, 9.17) is 22.2 Å². The van der Waals surface area contributed by atoms with E-state index in [-0.39, 0.29) is 72.0 Å². The second-order valence-electron chi connectivity index (χ2n) is 12.5. The summed E-state index contributed by atoms with van der Waals surface area (Å²) in [6.07, 6.45) is 1.26. The Morgan fingerprint density at radius 2 is 1.53 bits per heavy atom. The van der Waals surface area contributed by atoms with Crippen molar-refractivity contribution >= 4 is 51.7 Å². The van der Waals surface area contributed by atoms with Gasteiger partial charge in [-0.15, -0.1) is 12.4 Å². The fourth-order valence-corrected chi connectivity index (χ4v) is 7.69. The highest BCUT2D eigenvalue weighted by Gasteiger charge is 2.33. The summed E-state index contributed by atoms with van der Waals surface area (Å²) in [6, 6.07) is 19.7. The van der Waals surface area contributed by atoms with Crippen LogP contribution < -0.4 is 36.6 Å². The number of sulfonamides is 1. The van der Waals surface area contributed by atoms with Gasteiger partial charge in [-0.1, -0.05) is 48.0 Å². The number of phenolic OH excluding ortho intramolecular Hbond substituents is 1. The van der Waals surface area contributed by atoms with E-state index in [2.05, 4.69) is 15.3 Å². The maximum Gasteiger partial charge on any atom is 0.264 e. The molecule has 2 fully saturated rings. The van der Waals surface area contributed by atoms with Gasteiger partial charge >= 0.3 is 0 Å². The molecule has 0 saturated carbocycles. The molecule has 0 unspecified atom stereocenters. The first kappa shape index (κ1) is 36.0. The molecule has 0 aliphatic carbocycles. The standard InChI is InChI=1S/C33H42N10O4S.ClH/c1-21-7-10-28(11-8-21)48(46,47)43(16-22-5-3-2-4-6-22)29-12-9-26(15-30(29)45)37-31-38-32(41-17-23(34)13-24(35)18-41)40-33(39-31)42-19-25(36)14-27(42)20-44;/h2-12,15,23-25,27,44-45H,13-14,16-20,34-36H2,1H3,(H,37,38,39,40);1H/t23-,24+,25-,27-;/m1./s1.